The van der Waals surface area contributed by atoms with Gasteiger partial charge in [-0.25, -0.2) is 8.60 Å². The van der Waals surface area contributed by atoms with Crippen molar-refractivity contribution in [2.45, 2.75) is 33.2 Å². The Morgan fingerprint density at radius 1 is 1.19 bits per heavy atom. The Bertz CT molecular complexity index is 1320. The summed E-state index contributed by atoms with van der Waals surface area (Å²) in [6.07, 6.45) is 3.73. The monoisotopic (exact) mass is 540 g/mol. The standard InChI is InChI=1S/C25H22ClFN4O2S.C3H8/c1-28-24-6-3-2-5-17(24)15-29-16-18-13-19(7-10-22(18)26)30-25(32)21-9-8-20(14-23(21)27)31-11-4-12-34(31)33;1-3-2/h2-3,5-10,13-15H,1,4,11-12,16H2,(H,30,32);3H2,1-2H3. The van der Waals surface area contributed by atoms with Gasteiger partial charge in [-0.15, -0.1) is 0 Å². The summed E-state index contributed by atoms with van der Waals surface area (Å²) in [7, 11) is -1.16. The van der Waals surface area contributed by atoms with Gasteiger partial charge in [0.15, 0.2) is 0 Å². The fourth-order valence-electron chi connectivity index (χ4n) is 3.59. The molecule has 1 amide bonds. The van der Waals surface area contributed by atoms with E-state index in [-0.39, 0.29) is 12.1 Å². The van der Waals surface area contributed by atoms with E-state index in [9.17, 15) is 13.4 Å². The number of carbonyl (C=O) groups excluding carboxylic acids is 1. The van der Waals surface area contributed by atoms with Gasteiger partial charge in [-0.05, 0) is 61.2 Å². The Kier molecular flexibility index (Phi) is 10.5. The van der Waals surface area contributed by atoms with Crippen LogP contribution >= 0.6 is 11.6 Å². The highest BCUT2D eigenvalue weighted by molar-refractivity contribution is 7.86. The first-order valence-corrected chi connectivity index (χ1v) is 13.6. The van der Waals surface area contributed by atoms with Crippen LogP contribution in [-0.2, 0) is 17.5 Å². The molecule has 1 aliphatic heterocycles. The van der Waals surface area contributed by atoms with Crippen LogP contribution in [0.4, 0.5) is 21.5 Å². The van der Waals surface area contributed by atoms with Crippen molar-refractivity contribution in [3.63, 3.8) is 0 Å². The van der Waals surface area contributed by atoms with Crippen LogP contribution in [0.15, 0.2) is 70.6 Å². The van der Waals surface area contributed by atoms with Crippen LogP contribution in [0.25, 0.3) is 0 Å². The molecule has 1 saturated heterocycles. The minimum absolute atomic E-state index is 0.100. The van der Waals surface area contributed by atoms with E-state index in [0.717, 1.165) is 17.7 Å². The SMILES string of the molecule is C=Nc1ccccc1C=NCc1cc(NC(=O)c2ccc(N3CCCS3=O)cc2F)ccc1Cl.CCC. The van der Waals surface area contributed by atoms with Crippen molar-refractivity contribution in [1.29, 1.82) is 0 Å². The highest BCUT2D eigenvalue weighted by Gasteiger charge is 2.22. The second-order valence-corrected chi connectivity index (χ2v) is 10.2. The number of rotatable bonds is 7. The first-order valence-electron chi connectivity index (χ1n) is 12.0. The molecule has 0 aromatic heterocycles. The average Bonchev–Trinajstić information content (AvgIpc) is 3.32. The van der Waals surface area contributed by atoms with Crippen LogP contribution in [0.1, 0.15) is 48.2 Å². The first kappa shape index (κ1) is 28.2. The van der Waals surface area contributed by atoms with Gasteiger partial charge in [-0.2, -0.15) is 0 Å². The molecule has 1 atom stereocenters. The summed E-state index contributed by atoms with van der Waals surface area (Å²) in [6.45, 7) is 8.69. The maximum atomic E-state index is 14.7. The van der Waals surface area contributed by atoms with E-state index in [1.807, 2.05) is 24.3 Å². The van der Waals surface area contributed by atoms with Gasteiger partial charge >= 0.3 is 0 Å². The van der Waals surface area contributed by atoms with Crippen LogP contribution in [-0.4, -0.2) is 35.3 Å². The Balaban J connectivity index is 0.00000121. The van der Waals surface area contributed by atoms with Crippen LogP contribution in [0.3, 0.4) is 0 Å². The largest absolute Gasteiger partial charge is 0.322 e. The fourth-order valence-corrected chi connectivity index (χ4v) is 5.04. The van der Waals surface area contributed by atoms with E-state index in [1.54, 1.807) is 34.8 Å². The van der Waals surface area contributed by atoms with Crippen LogP contribution in [0.2, 0.25) is 5.02 Å². The maximum absolute atomic E-state index is 14.7. The molecule has 37 heavy (non-hydrogen) atoms. The predicted octanol–water partition coefficient (Wildman–Crippen LogP) is 6.97. The molecule has 0 bridgehead atoms. The minimum atomic E-state index is -1.16. The number of halogens is 2. The lowest BCUT2D eigenvalue weighted by atomic mass is 10.1. The lowest BCUT2D eigenvalue weighted by Crippen LogP contribution is -2.20. The van der Waals surface area contributed by atoms with Crippen molar-refractivity contribution in [3.8, 4) is 0 Å². The molecule has 194 valence electrons. The lowest BCUT2D eigenvalue weighted by Gasteiger charge is -2.16. The number of nitrogens with one attached hydrogen (secondary N) is 1. The summed E-state index contributed by atoms with van der Waals surface area (Å²) in [4.78, 5) is 21.1. The highest BCUT2D eigenvalue weighted by atomic mass is 35.5. The van der Waals surface area contributed by atoms with E-state index in [1.165, 1.54) is 18.6 Å². The number of aliphatic imine (C=N–C) groups is 2. The van der Waals surface area contributed by atoms with E-state index in [4.69, 9.17) is 11.6 Å². The van der Waals surface area contributed by atoms with Crippen LogP contribution in [0, 0.1) is 5.82 Å². The number of carbonyl (C=O) groups is 1. The van der Waals surface area contributed by atoms with E-state index in [2.05, 4.69) is 35.9 Å². The zero-order valence-electron chi connectivity index (χ0n) is 20.9. The Morgan fingerprint density at radius 3 is 2.62 bits per heavy atom. The number of anilines is 2. The average molecular weight is 541 g/mol. The summed E-state index contributed by atoms with van der Waals surface area (Å²) in [5.41, 5.74) is 3.13. The molecule has 1 N–H and O–H groups in total. The molecule has 0 spiro atoms. The zero-order valence-corrected chi connectivity index (χ0v) is 22.5. The van der Waals surface area contributed by atoms with Crippen molar-refractivity contribution < 1.29 is 13.4 Å². The number of amides is 1. The second kappa shape index (κ2) is 13.8. The summed E-state index contributed by atoms with van der Waals surface area (Å²) in [6, 6.07) is 16.7. The number of benzene rings is 3. The molecule has 9 heteroatoms. The fraction of sp³-hybridized carbons (Fsp3) is 0.250. The summed E-state index contributed by atoms with van der Waals surface area (Å²) < 4.78 is 28.3. The van der Waals surface area contributed by atoms with Gasteiger partial charge < -0.3 is 5.32 Å². The van der Waals surface area contributed by atoms with Gasteiger partial charge in [0.2, 0.25) is 0 Å². The molecule has 0 saturated carbocycles. The molecule has 6 nitrogen and oxygen atoms in total. The molecule has 3 aromatic rings. The quantitative estimate of drug-likeness (QED) is 0.328. The minimum Gasteiger partial charge on any atom is -0.322 e. The summed E-state index contributed by atoms with van der Waals surface area (Å²) >= 11 is 6.30. The third kappa shape index (κ3) is 7.57. The maximum Gasteiger partial charge on any atom is 0.258 e. The number of hydrogen-bond acceptors (Lipinski definition) is 4. The third-order valence-corrected chi connectivity index (χ3v) is 7.21. The molecule has 0 aliphatic carbocycles. The highest BCUT2D eigenvalue weighted by Crippen LogP contribution is 2.26. The van der Waals surface area contributed by atoms with Gasteiger partial charge in [-0.3, -0.25) is 19.1 Å². The van der Waals surface area contributed by atoms with Gasteiger partial charge in [0.1, 0.15) is 16.8 Å². The molecule has 3 aromatic carbocycles. The topological polar surface area (TPSA) is 74.1 Å². The number of nitrogens with zero attached hydrogens (tertiary/aromatic N) is 3. The van der Waals surface area contributed by atoms with Gasteiger partial charge in [0, 0.05) is 34.8 Å². The van der Waals surface area contributed by atoms with Gasteiger partial charge in [0.25, 0.3) is 5.91 Å². The molecule has 1 unspecified atom stereocenters. The van der Waals surface area contributed by atoms with E-state index >= 15 is 0 Å². The Hall–Kier alpha value is -3.36. The van der Waals surface area contributed by atoms with Gasteiger partial charge in [-0.1, -0.05) is 50.1 Å². The Morgan fingerprint density at radius 2 is 1.95 bits per heavy atom. The summed E-state index contributed by atoms with van der Waals surface area (Å²) in [5, 5.41) is 3.20. The molecular weight excluding hydrogens is 511 g/mol. The molecule has 1 fully saturated rings. The van der Waals surface area contributed by atoms with E-state index < -0.39 is 22.7 Å². The third-order valence-electron chi connectivity index (χ3n) is 5.31. The zero-order chi connectivity index (χ0) is 26.8. The van der Waals surface area contributed by atoms with Crippen molar-refractivity contribution in [2.75, 3.05) is 21.9 Å². The lowest BCUT2D eigenvalue weighted by molar-refractivity contribution is 0.102. The van der Waals surface area contributed by atoms with Crippen LogP contribution in [0.5, 0.6) is 0 Å². The second-order valence-electron chi connectivity index (χ2n) is 8.30. The van der Waals surface area contributed by atoms with Crippen LogP contribution < -0.4 is 9.62 Å². The smallest absolute Gasteiger partial charge is 0.258 e. The molecule has 0 radical (unpaired) electrons. The van der Waals surface area contributed by atoms with Crippen molar-refractivity contribution in [3.05, 3.63) is 88.2 Å². The van der Waals surface area contributed by atoms with Crippen molar-refractivity contribution >= 4 is 58.5 Å². The number of hydrogen-bond donors (Lipinski definition) is 1. The summed E-state index contributed by atoms with van der Waals surface area (Å²) in [5.74, 6) is -0.702. The van der Waals surface area contributed by atoms with Crippen molar-refractivity contribution in [1.82, 2.24) is 0 Å². The predicted molar refractivity (Wildman–Crippen MR) is 154 cm³/mol. The van der Waals surface area contributed by atoms with Gasteiger partial charge in [0.05, 0.1) is 23.5 Å². The molecule has 1 heterocycles. The molecule has 1 aliphatic rings. The Labute approximate surface area is 224 Å². The molecule has 4 rings (SSSR count). The van der Waals surface area contributed by atoms with Crippen molar-refractivity contribution in [2.24, 2.45) is 9.98 Å². The first-order chi connectivity index (χ1) is 17.9. The normalized spacial score (nSPS) is 14.8. The number of para-hydroxylation sites is 1. The molecular formula is C28H30ClFN4O2S. The van der Waals surface area contributed by atoms with E-state index in [0.29, 0.717) is 34.3 Å².